The summed E-state index contributed by atoms with van der Waals surface area (Å²) in [4.78, 5) is 0.138. The normalized spacial score (nSPS) is 11.5. The van der Waals surface area contributed by atoms with Gasteiger partial charge in [-0.05, 0) is 30.6 Å². The molecule has 8 heteroatoms. The maximum absolute atomic E-state index is 12.1. The lowest BCUT2D eigenvalue weighted by atomic mass is 10.2. The van der Waals surface area contributed by atoms with E-state index in [9.17, 15) is 8.42 Å². The first kappa shape index (κ1) is 16.7. The highest BCUT2D eigenvalue weighted by molar-refractivity contribution is 7.98. The van der Waals surface area contributed by atoms with E-state index in [0.29, 0.717) is 12.1 Å². The molecule has 1 rings (SSSR count). The molecule has 0 heterocycles. The van der Waals surface area contributed by atoms with E-state index >= 15 is 0 Å². The van der Waals surface area contributed by atoms with Crippen LogP contribution >= 0.6 is 35.6 Å². The van der Waals surface area contributed by atoms with Crippen LogP contribution in [0.5, 0.6) is 0 Å². The fourth-order valence-electron chi connectivity index (χ4n) is 1.36. The second kappa shape index (κ2) is 7.44. The Kier molecular flexibility index (Phi) is 6.55. The Morgan fingerprint density at radius 3 is 2.79 bits per heavy atom. The van der Waals surface area contributed by atoms with Gasteiger partial charge in [0.2, 0.25) is 10.0 Å². The van der Waals surface area contributed by atoms with Crippen LogP contribution in [0.4, 0.5) is 0 Å². The summed E-state index contributed by atoms with van der Waals surface area (Å²) in [5.74, 6) is 0.892. The monoisotopic (exact) mass is 338 g/mol. The third-order valence-corrected chi connectivity index (χ3v) is 5.20. The van der Waals surface area contributed by atoms with Gasteiger partial charge in [0.15, 0.2) is 0 Å². The van der Waals surface area contributed by atoms with Crippen molar-refractivity contribution in [3.63, 3.8) is 0 Å². The van der Waals surface area contributed by atoms with Crippen LogP contribution in [0.3, 0.4) is 0 Å². The second-order valence-electron chi connectivity index (χ2n) is 3.75. The lowest BCUT2D eigenvalue weighted by molar-refractivity contribution is 0.581. The van der Waals surface area contributed by atoms with E-state index in [1.165, 1.54) is 12.1 Å². The van der Waals surface area contributed by atoms with Crippen LogP contribution < -0.4 is 10.5 Å². The van der Waals surface area contributed by atoms with Gasteiger partial charge in [0.05, 0.1) is 5.02 Å². The van der Waals surface area contributed by atoms with E-state index in [0.717, 1.165) is 12.2 Å². The Balaban J connectivity index is 2.94. The highest BCUT2D eigenvalue weighted by Gasteiger charge is 2.18. The summed E-state index contributed by atoms with van der Waals surface area (Å²) in [5.41, 5.74) is 5.96. The van der Waals surface area contributed by atoms with Crippen molar-refractivity contribution in [2.75, 3.05) is 18.6 Å². The van der Waals surface area contributed by atoms with Crippen LogP contribution in [0.1, 0.15) is 12.0 Å². The minimum Gasteiger partial charge on any atom is -0.389 e. The van der Waals surface area contributed by atoms with Crippen molar-refractivity contribution in [3.8, 4) is 0 Å². The number of sulfonamides is 1. The molecule has 0 unspecified atom stereocenters. The zero-order chi connectivity index (χ0) is 14.5. The molecule has 0 amide bonds. The molecule has 19 heavy (non-hydrogen) atoms. The minimum atomic E-state index is -3.63. The highest BCUT2D eigenvalue weighted by Crippen LogP contribution is 2.22. The van der Waals surface area contributed by atoms with Crippen LogP contribution in [0.25, 0.3) is 0 Å². The summed E-state index contributed by atoms with van der Waals surface area (Å²) in [6.45, 7) is 0.372. The van der Waals surface area contributed by atoms with Gasteiger partial charge < -0.3 is 5.73 Å². The molecule has 0 aliphatic heterocycles. The number of nitrogens with one attached hydrogen (secondary N) is 1. The molecule has 0 spiro atoms. The van der Waals surface area contributed by atoms with E-state index in [4.69, 9.17) is 29.6 Å². The van der Waals surface area contributed by atoms with E-state index < -0.39 is 10.0 Å². The highest BCUT2D eigenvalue weighted by atomic mass is 35.5. The van der Waals surface area contributed by atoms with Crippen LogP contribution in [0, 0.1) is 0 Å². The molecule has 0 aliphatic carbocycles. The van der Waals surface area contributed by atoms with Crippen LogP contribution in [-0.2, 0) is 10.0 Å². The number of halogens is 1. The molecule has 3 N–H and O–H groups in total. The predicted octanol–water partition coefficient (Wildman–Crippen LogP) is 2.01. The van der Waals surface area contributed by atoms with Gasteiger partial charge in [-0.2, -0.15) is 11.8 Å². The molecule has 0 radical (unpaired) electrons. The topological polar surface area (TPSA) is 72.2 Å². The fraction of sp³-hybridized carbons (Fsp3) is 0.364. The summed E-state index contributed by atoms with van der Waals surface area (Å²) in [7, 11) is -3.63. The zero-order valence-corrected chi connectivity index (χ0v) is 13.6. The van der Waals surface area contributed by atoms with Gasteiger partial charge in [0, 0.05) is 12.1 Å². The summed E-state index contributed by atoms with van der Waals surface area (Å²) < 4.78 is 26.7. The van der Waals surface area contributed by atoms with Gasteiger partial charge in [-0.1, -0.05) is 29.9 Å². The number of nitrogens with two attached hydrogens (primary N) is 1. The number of rotatable bonds is 7. The first-order valence-electron chi connectivity index (χ1n) is 5.46. The number of hydrogen-bond acceptors (Lipinski definition) is 4. The quantitative estimate of drug-likeness (QED) is 0.587. The summed E-state index contributed by atoms with van der Waals surface area (Å²) >= 11 is 12.4. The average molecular weight is 339 g/mol. The Labute approximate surface area is 128 Å². The van der Waals surface area contributed by atoms with Crippen molar-refractivity contribution in [2.24, 2.45) is 5.73 Å². The number of thiocarbonyl (C=S) groups is 1. The first-order valence-corrected chi connectivity index (χ1v) is 9.13. The number of hydrogen-bond donors (Lipinski definition) is 2. The Morgan fingerprint density at radius 1 is 1.53 bits per heavy atom. The molecular weight excluding hydrogens is 324 g/mol. The maximum atomic E-state index is 12.1. The predicted molar refractivity (Wildman–Crippen MR) is 85.5 cm³/mol. The first-order chi connectivity index (χ1) is 8.88. The molecule has 0 saturated carbocycles. The zero-order valence-electron chi connectivity index (χ0n) is 10.3. The average Bonchev–Trinajstić information content (AvgIpc) is 2.34. The molecule has 0 fully saturated rings. The standard InChI is InChI=1S/C11H15ClN2O2S3/c1-18-6-2-5-14-19(15,16)10-7-8(11(13)17)3-4-9(10)12/h3-4,7,14H,2,5-6H2,1H3,(H2,13,17). The molecule has 0 saturated heterocycles. The van der Waals surface area contributed by atoms with E-state index in [2.05, 4.69) is 4.72 Å². The van der Waals surface area contributed by atoms with Gasteiger partial charge >= 0.3 is 0 Å². The maximum Gasteiger partial charge on any atom is 0.242 e. The summed E-state index contributed by atoms with van der Waals surface area (Å²) in [6, 6.07) is 4.46. The van der Waals surface area contributed by atoms with Gasteiger partial charge in [-0.3, -0.25) is 0 Å². The summed E-state index contributed by atoms with van der Waals surface area (Å²) in [5, 5.41) is 0.150. The smallest absolute Gasteiger partial charge is 0.242 e. The molecule has 1 aromatic rings. The van der Waals surface area contributed by atoms with E-state index in [1.54, 1.807) is 17.8 Å². The van der Waals surface area contributed by atoms with Gasteiger partial charge in [0.25, 0.3) is 0 Å². The molecule has 0 atom stereocenters. The molecule has 1 aromatic carbocycles. The van der Waals surface area contributed by atoms with Crippen molar-refractivity contribution in [3.05, 3.63) is 28.8 Å². The molecular formula is C11H15ClN2O2S3. The van der Waals surface area contributed by atoms with Crippen molar-refractivity contribution in [2.45, 2.75) is 11.3 Å². The molecule has 0 aromatic heterocycles. The Hall–Kier alpha value is -0.340. The number of thioether (sulfide) groups is 1. The summed E-state index contributed by atoms with van der Waals surface area (Å²) in [6.07, 6.45) is 2.73. The van der Waals surface area contributed by atoms with Gasteiger partial charge in [-0.15, -0.1) is 0 Å². The van der Waals surface area contributed by atoms with E-state index in [1.807, 2.05) is 6.26 Å². The third-order valence-electron chi connectivity index (χ3n) is 2.32. The molecule has 106 valence electrons. The van der Waals surface area contributed by atoms with Crippen LogP contribution in [0.15, 0.2) is 23.1 Å². The minimum absolute atomic E-state index is 0.00335. The second-order valence-corrected chi connectivity index (χ2v) is 7.32. The lowest BCUT2D eigenvalue weighted by Crippen LogP contribution is -2.26. The van der Waals surface area contributed by atoms with E-state index in [-0.39, 0.29) is 14.9 Å². The molecule has 4 nitrogen and oxygen atoms in total. The van der Waals surface area contributed by atoms with Crippen LogP contribution in [0.2, 0.25) is 5.02 Å². The van der Waals surface area contributed by atoms with Crippen molar-refractivity contribution < 1.29 is 8.42 Å². The largest absolute Gasteiger partial charge is 0.389 e. The SMILES string of the molecule is CSCCCNS(=O)(=O)c1cc(C(N)=S)ccc1Cl. The Bertz CT molecular complexity index is 561. The van der Waals surface area contributed by atoms with Crippen LogP contribution in [-0.4, -0.2) is 32.0 Å². The van der Waals surface area contributed by atoms with Gasteiger partial charge in [-0.25, -0.2) is 13.1 Å². The Morgan fingerprint density at radius 2 is 2.21 bits per heavy atom. The third kappa shape index (κ3) is 4.92. The molecule has 0 aliphatic rings. The van der Waals surface area contributed by atoms with Crippen molar-refractivity contribution in [1.29, 1.82) is 0 Å². The fourth-order valence-corrected chi connectivity index (χ4v) is 3.52. The molecule has 0 bridgehead atoms. The number of benzene rings is 1. The van der Waals surface area contributed by atoms with Crippen molar-refractivity contribution >= 4 is 50.6 Å². The lowest BCUT2D eigenvalue weighted by Gasteiger charge is -2.09. The van der Waals surface area contributed by atoms with Crippen molar-refractivity contribution in [1.82, 2.24) is 4.72 Å². The van der Waals surface area contributed by atoms with Gasteiger partial charge in [0.1, 0.15) is 9.88 Å².